The van der Waals surface area contributed by atoms with Gasteiger partial charge in [-0.3, -0.25) is 9.59 Å². The summed E-state index contributed by atoms with van der Waals surface area (Å²) in [5, 5.41) is 9.17. The summed E-state index contributed by atoms with van der Waals surface area (Å²) in [6.45, 7) is 0. The van der Waals surface area contributed by atoms with Crippen LogP contribution in [0.3, 0.4) is 0 Å². The van der Waals surface area contributed by atoms with Crippen LogP contribution in [0.25, 0.3) is 11.1 Å². The summed E-state index contributed by atoms with van der Waals surface area (Å²) in [5.74, 6) is -0.970. The van der Waals surface area contributed by atoms with Gasteiger partial charge >= 0.3 is 5.97 Å². The van der Waals surface area contributed by atoms with Gasteiger partial charge in [-0.25, -0.2) is 0 Å². The SMILES string of the molecule is O=C(SC(CCc1ccc(-c2ccccc2Cl)cc1)C(=O)O)c1ccccc1. The Hall–Kier alpha value is -2.56. The van der Waals surface area contributed by atoms with Gasteiger partial charge in [0, 0.05) is 16.1 Å². The number of rotatable bonds is 7. The highest BCUT2D eigenvalue weighted by molar-refractivity contribution is 8.15. The second-order valence-corrected chi connectivity index (χ2v) is 7.90. The Labute approximate surface area is 173 Å². The molecule has 5 heteroatoms. The molecule has 0 fully saturated rings. The van der Waals surface area contributed by atoms with Crippen molar-refractivity contribution in [2.24, 2.45) is 0 Å². The third kappa shape index (κ3) is 5.24. The van der Waals surface area contributed by atoms with Crippen molar-refractivity contribution in [2.45, 2.75) is 18.1 Å². The molecule has 3 aromatic carbocycles. The number of benzene rings is 3. The highest BCUT2D eigenvalue weighted by Gasteiger charge is 2.22. The minimum Gasteiger partial charge on any atom is -0.480 e. The molecule has 0 aromatic heterocycles. The molecule has 0 aliphatic heterocycles. The summed E-state index contributed by atoms with van der Waals surface area (Å²) in [6.07, 6.45) is 0.957. The van der Waals surface area contributed by atoms with Crippen molar-refractivity contribution in [3.05, 3.63) is 95.0 Å². The number of carbonyl (C=O) groups excluding carboxylic acids is 1. The monoisotopic (exact) mass is 410 g/mol. The Balaban J connectivity index is 1.63. The maximum absolute atomic E-state index is 12.3. The van der Waals surface area contributed by atoms with Crippen molar-refractivity contribution in [3.8, 4) is 11.1 Å². The Bertz CT molecular complexity index is 955. The minimum atomic E-state index is -0.970. The van der Waals surface area contributed by atoms with E-state index in [1.165, 1.54) is 0 Å². The molecule has 0 saturated heterocycles. The molecule has 1 atom stereocenters. The lowest BCUT2D eigenvalue weighted by atomic mass is 10.0. The Kier molecular flexibility index (Phi) is 6.90. The number of hydrogen-bond acceptors (Lipinski definition) is 3. The quantitative estimate of drug-likeness (QED) is 0.521. The molecule has 0 spiro atoms. The molecular formula is C23H19ClO3S. The van der Waals surface area contributed by atoms with Crippen LogP contribution < -0.4 is 0 Å². The largest absolute Gasteiger partial charge is 0.480 e. The Morgan fingerprint density at radius 3 is 2.18 bits per heavy atom. The van der Waals surface area contributed by atoms with E-state index in [-0.39, 0.29) is 5.12 Å². The number of carbonyl (C=O) groups is 2. The minimum absolute atomic E-state index is 0.220. The van der Waals surface area contributed by atoms with E-state index in [1.54, 1.807) is 24.3 Å². The van der Waals surface area contributed by atoms with Crippen LogP contribution in [0, 0.1) is 0 Å². The fourth-order valence-corrected chi connectivity index (χ4v) is 3.96. The highest BCUT2D eigenvalue weighted by atomic mass is 35.5. The van der Waals surface area contributed by atoms with Crippen molar-refractivity contribution in [2.75, 3.05) is 0 Å². The first-order chi connectivity index (χ1) is 13.5. The summed E-state index contributed by atoms with van der Waals surface area (Å²) < 4.78 is 0. The molecule has 0 amide bonds. The lowest BCUT2D eigenvalue weighted by Crippen LogP contribution is -2.19. The van der Waals surface area contributed by atoms with Crippen molar-refractivity contribution >= 4 is 34.4 Å². The first-order valence-corrected chi connectivity index (χ1v) is 10.1. The van der Waals surface area contributed by atoms with Crippen LogP contribution in [-0.4, -0.2) is 21.4 Å². The van der Waals surface area contributed by atoms with E-state index in [2.05, 4.69) is 0 Å². The first-order valence-electron chi connectivity index (χ1n) is 8.87. The van der Waals surface area contributed by atoms with Gasteiger partial charge in [0.2, 0.25) is 5.12 Å². The summed E-state index contributed by atoms with van der Waals surface area (Å²) in [4.78, 5) is 23.9. The molecule has 0 bridgehead atoms. The third-order valence-electron chi connectivity index (χ3n) is 4.37. The topological polar surface area (TPSA) is 54.4 Å². The van der Waals surface area contributed by atoms with Crippen LogP contribution in [0.5, 0.6) is 0 Å². The zero-order chi connectivity index (χ0) is 19.9. The molecule has 0 heterocycles. The standard InChI is InChI=1S/C23H19ClO3S/c24-20-9-5-4-8-19(20)17-13-10-16(11-14-17)12-15-21(22(25)26)28-23(27)18-6-2-1-3-7-18/h1-11,13-14,21H,12,15H2,(H,25,26). The van der Waals surface area contributed by atoms with Crippen LogP contribution in [0.15, 0.2) is 78.9 Å². The van der Waals surface area contributed by atoms with E-state index in [0.717, 1.165) is 28.5 Å². The van der Waals surface area contributed by atoms with E-state index in [0.29, 0.717) is 23.4 Å². The van der Waals surface area contributed by atoms with Crippen LogP contribution in [0.1, 0.15) is 22.3 Å². The number of hydrogen-bond donors (Lipinski definition) is 1. The summed E-state index contributed by atoms with van der Waals surface area (Å²) >= 11 is 7.11. The Morgan fingerprint density at radius 1 is 0.893 bits per heavy atom. The van der Waals surface area contributed by atoms with Crippen LogP contribution >= 0.6 is 23.4 Å². The molecule has 3 rings (SSSR count). The average molecular weight is 411 g/mol. The van der Waals surface area contributed by atoms with E-state index < -0.39 is 11.2 Å². The van der Waals surface area contributed by atoms with Crippen LogP contribution in [0.4, 0.5) is 0 Å². The summed E-state index contributed by atoms with van der Waals surface area (Å²) in [7, 11) is 0. The normalized spacial score (nSPS) is 11.8. The molecule has 142 valence electrons. The Morgan fingerprint density at radius 2 is 1.54 bits per heavy atom. The number of aryl methyl sites for hydroxylation is 1. The number of halogens is 1. The molecule has 28 heavy (non-hydrogen) atoms. The smallest absolute Gasteiger partial charge is 0.317 e. The van der Waals surface area contributed by atoms with Gasteiger partial charge in [0.1, 0.15) is 5.25 Å². The number of carboxylic acid groups (broad SMARTS) is 1. The fraction of sp³-hybridized carbons (Fsp3) is 0.130. The number of carboxylic acids is 1. The van der Waals surface area contributed by atoms with Crippen molar-refractivity contribution in [3.63, 3.8) is 0 Å². The molecular weight excluding hydrogens is 392 g/mol. The maximum atomic E-state index is 12.3. The predicted molar refractivity (Wildman–Crippen MR) is 115 cm³/mol. The van der Waals surface area contributed by atoms with Gasteiger partial charge < -0.3 is 5.11 Å². The average Bonchev–Trinajstić information content (AvgIpc) is 2.72. The molecule has 0 aliphatic rings. The second kappa shape index (κ2) is 9.58. The number of aliphatic carboxylic acids is 1. The van der Waals surface area contributed by atoms with Gasteiger partial charge in [-0.15, -0.1) is 0 Å². The highest BCUT2D eigenvalue weighted by Crippen LogP contribution is 2.28. The second-order valence-electron chi connectivity index (χ2n) is 6.31. The lowest BCUT2D eigenvalue weighted by Gasteiger charge is -2.12. The molecule has 3 nitrogen and oxygen atoms in total. The molecule has 3 aromatic rings. The van der Waals surface area contributed by atoms with Crippen LogP contribution in [-0.2, 0) is 11.2 Å². The molecule has 1 unspecified atom stereocenters. The van der Waals surface area contributed by atoms with Gasteiger partial charge in [-0.2, -0.15) is 0 Å². The van der Waals surface area contributed by atoms with Crippen LogP contribution in [0.2, 0.25) is 5.02 Å². The van der Waals surface area contributed by atoms with Gasteiger partial charge in [0.25, 0.3) is 0 Å². The van der Waals surface area contributed by atoms with Crippen molar-refractivity contribution < 1.29 is 14.7 Å². The molecule has 1 N–H and O–H groups in total. The maximum Gasteiger partial charge on any atom is 0.317 e. The van der Waals surface area contributed by atoms with Gasteiger partial charge in [-0.1, -0.05) is 96.2 Å². The lowest BCUT2D eigenvalue weighted by molar-refractivity contribution is -0.136. The van der Waals surface area contributed by atoms with E-state index in [1.807, 2.05) is 54.6 Å². The summed E-state index contributed by atoms with van der Waals surface area (Å²) in [6, 6.07) is 24.3. The molecule has 0 radical (unpaired) electrons. The number of thioether (sulfide) groups is 1. The third-order valence-corrected chi connectivity index (χ3v) is 5.87. The van der Waals surface area contributed by atoms with Crippen molar-refractivity contribution in [1.29, 1.82) is 0 Å². The fourth-order valence-electron chi connectivity index (χ4n) is 2.85. The van der Waals surface area contributed by atoms with Gasteiger partial charge in [0.15, 0.2) is 0 Å². The van der Waals surface area contributed by atoms with Crippen molar-refractivity contribution in [1.82, 2.24) is 0 Å². The molecule has 0 saturated carbocycles. The van der Waals surface area contributed by atoms with Gasteiger partial charge in [0.05, 0.1) is 0 Å². The van der Waals surface area contributed by atoms with E-state index in [9.17, 15) is 14.7 Å². The zero-order valence-electron chi connectivity index (χ0n) is 15.0. The first kappa shape index (κ1) is 20.2. The van der Waals surface area contributed by atoms with E-state index in [4.69, 9.17) is 11.6 Å². The predicted octanol–water partition coefficient (Wildman–Crippen LogP) is 5.97. The van der Waals surface area contributed by atoms with Gasteiger partial charge in [-0.05, 0) is 30.0 Å². The molecule has 0 aliphatic carbocycles. The zero-order valence-corrected chi connectivity index (χ0v) is 16.6. The van der Waals surface area contributed by atoms with E-state index >= 15 is 0 Å². The summed E-state index contributed by atoms with van der Waals surface area (Å²) in [5.41, 5.74) is 3.51.